The molecular formula is C16H13F2N5OS. The third kappa shape index (κ3) is 4.18. The molecule has 0 aliphatic rings. The van der Waals surface area contributed by atoms with Crippen molar-refractivity contribution in [2.24, 2.45) is 5.10 Å². The van der Waals surface area contributed by atoms with Crippen LogP contribution >= 0.6 is 11.8 Å². The van der Waals surface area contributed by atoms with Crippen molar-refractivity contribution in [3.05, 3.63) is 54.4 Å². The molecule has 3 aromatic rings. The van der Waals surface area contributed by atoms with Crippen LogP contribution in [0.15, 0.2) is 58.9 Å². The lowest BCUT2D eigenvalue weighted by Gasteiger charge is -2.05. The normalized spacial score (nSPS) is 11.4. The molecule has 0 aliphatic carbocycles. The SMILES string of the molecule is COc1ccc(-c2nnc(SC(F)F)n2/N=C\c2ccccn2)cc1. The van der Waals surface area contributed by atoms with Gasteiger partial charge in [-0.15, -0.1) is 10.2 Å². The number of pyridine rings is 1. The maximum atomic E-state index is 12.8. The molecule has 9 heteroatoms. The molecule has 2 heterocycles. The Morgan fingerprint density at radius 1 is 1.16 bits per heavy atom. The van der Waals surface area contributed by atoms with E-state index in [0.29, 0.717) is 22.8 Å². The minimum absolute atomic E-state index is 0.00648. The van der Waals surface area contributed by atoms with Crippen molar-refractivity contribution >= 4 is 18.0 Å². The largest absolute Gasteiger partial charge is 0.497 e. The van der Waals surface area contributed by atoms with E-state index in [1.807, 2.05) is 0 Å². The molecule has 0 fully saturated rings. The van der Waals surface area contributed by atoms with E-state index in [0.717, 1.165) is 0 Å². The number of thioether (sulfide) groups is 1. The molecule has 1 aromatic carbocycles. The summed E-state index contributed by atoms with van der Waals surface area (Å²) in [5.74, 6) is -1.61. The number of nitrogens with zero attached hydrogens (tertiary/aromatic N) is 5. The number of hydrogen-bond donors (Lipinski definition) is 0. The molecule has 0 aliphatic heterocycles. The third-order valence-corrected chi connectivity index (χ3v) is 3.79. The lowest BCUT2D eigenvalue weighted by atomic mass is 10.2. The highest BCUT2D eigenvalue weighted by atomic mass is 32.2. The van der Waals surface area contributed by atoms with Crippen molar-refractivity contribution in [1.82, 2.24) is 19.9 Å². The summed E-state index contributed by atoms with van der Waals surface area (Å²) in [6.07, 6.45) is 3.08. The first-order chi connectivity index (χ1) is 12.2. The van der Waals surface area contributed by atoms with E-state index in [2.05, 4.69) is 20.3 Å². The van der Waals surface area contributed by atoms with Crippen LogP contribution < -0.4 is 4.74 Å². The van der Waals surface area contributed by atoms with Crippen molar-refractivity contribution < 1.29 is 13.5 Å². The van der Waals surface area contributed by atoms with Crippen LogP contribution in [-0.2, 0) is 0 Å². The lowest BCUT2D eigenvalue weighted by Crippen LogP contribution is -1.99. The van der Waals surface area contributed by atoms with Crippen LogP contribution in [0.5, 0.6) is 5.75 Å². The second-order valence-electron chi connectivity index (χ2n) is 4.72. The van der Waals surface area contributed by atoms with Crippen molar-refractivity contribution in [1.29, 1.82) is 0 Å². The molecule has 0 atom stereocenters. The number of benzene rings is 1. The van der Waals surface area contributed by atoms with Gasteiger partial charge in [0.05, 0.1) is 19.0 Å². The van der Waals surface area contributed by atoms with Gasteiger partial charge in [-0.3, -0.25) is 4.98 Å². The minimum Gasteiger partial charge on any atom is -0.497 e. The molecule has 0 saturated carbocycles. The Labute approximate surface area is 146 Å². The summed E-state index contributed by atoms with van der Waals surface area (Å²) in [6, 6.07) is 12.3. The molecule has 3 rings (SSSR count). The van der Waals surface area contributed by atoms with Crippen molar-refractivity contribution in [3.8, 4) is 17.1 Å². The molecule has 0 unspecified atom stereocenters. The maximum absolute atomic E-state index is 12.8. The van der Waals surface area contributed by atoms with Crippen LogP contribution in [0.4, 0.5) is 8.78 Å². The van der Waals surface area contributed by atoms with Gasteiger partial charge in [0, 0.05) is 11.8 Å². The Balaban J connectivity index is 1.99. The average molecular weight is 361 g/mol. The first kappa shape index (κ1) is 17.0. The average Bonchev–Trinajstić information content (AvgIpc) is 3.02. The van der Waals surface area contributed by atoms with Gasteiger partial charge in [-0.25, -0.2) is 0 Å². The third-order valence-electron chi connectivity index (χ3n) is 3.15. The van der Waals surface area contributed by atoms with E-state index in [1.54, 1.807) is 55.8 Å². The highest BCUT2D eigenvalue weighted by molar-refractivity contribution is 7.99. The smallest absolute Gasteiger partial charge is 0.291 e. The number of alkyl halides is 2. The zero-order chi connectivity index (χ0) is 17.6. The predicted molar refractivity (Wildman–Crippen MR) is 91.1 cm³/mol. The zero-order valence-corrected chi connectivity index (χ0v) is 13.9. The fourth-order valence-electron chi connectivity index (χ4n) is 2.01. The zero-order valence-electron chi connectivity index (χ0n) is 13.1. The van der Waals surface area contributed by atoms with Gasteiger partial charge in [0.1, 0.15) is 5.75 Å². The van der Waals surface area contributed by atoms with Crippen LogP contribution in [0, 0.1) is 0 Å². The molecule has 128 valence electrons. The topological polar surface area (TPSA) is 65.2 Å². The summed E-state index contributed by atoms with van der Waals surface area (Å²) in [5, 5.41) is 12.0. The standard InChI is InChI=1S/C16H13F2N5OS/c1-24-13-7-5-11(6-8-13)14-21-22-16(25-15(17)18)23(14)20-10-12-4-2-3-9-19-12/h2-10,15H,1H3/b20-10-. The van der Waals surface area contributed by atoms with E-state index in [4.69, 9.17) is 4.74 Å². The van der Waals surface area contributed by atoms with Gasteiger partial charge in [0.15, 0.2) is 5.82 Å². The Morgan fingerprint density at radius 2 is 1.96 bits per heavy atom. The Hall–Kier alpha value is -2.81. The maximum Gasteiger partial charge on any atom is 0.291 e. The van der Waals surface area contributed by atoms with Gasteiger partial charge >= 0.3 is 0 Å². The Bertz CT molecular complexity index is 853. The van der Waals surface area contributed by atoms with Crippen LogP contribution in [-0.4, -0.2) is 38.9 Å². The Kier molecular flexibility index (Phi) is 5.34. The highest BCUT2D eigenvalue weighted by Crippen LogP contribution is 2.28. The van der Waals surface area contributed by atoms with E-state index in [-0.39, 0.29) is 16.9 Å². The van der Waals surface area contributed by atoms with Crippen LogP contribution in [0.2, 0.25) is 0 Å². The van der Waals surface area contributed by atoms with E-state index in [1.165, 1.54) is 10.9 Å². The Morgan fingerprint density at radius 3 is 2.60 bits per heavy atom. The number of halogens is 2. The molecule has 0 N–H and O–H groups in total. The van der Waals surface area contributed by atoms with Crippen LogP contribution in [0.3, 0.4) is 0 Å². The molecule has 6 nitrogen and oxygen atoms in total. The molecule has 25 heavy (non-hydrogen) atoms. The molecule has 0 bridgehead atoms. The number of hydrogen-bond acceptors (Lipinski definition) is 6. The molecule has 0 radical (unpaired) electrons. The second-order valence-corrected chi connectivity index (χ2v) is 5.68. The second kappa shape index (κ2) is 7.84. The van der Waals surface area contributed by atoms with Gasteiger partial charge in [-0.05, 0) is 48.2 Å². The monoisotopic (exact) mass is 361 g/mol. The molecule has 2 aromatic heterocycles. The summed E-state index contributed by atoms with van der Waals surface area (Å²) in [6.45, 7) is 0. The molecular weight excluding hydrogens is 348 g/mol. The molecule has 0 spiro atoms. The summed E-state index contributed by atoms with van der Waals surface area (Å²) < 4.78 is 31.9. The van der Waals surface area contributed by atoms with Gasteiger partial charge < -0.3 is 4.74 Å². The van der Waals surface area contributed by atoms with E-state index >= 15 is 0 Å². The van der Waals surface area contributed by atoms with Crippen molar-refractivity contribution in [3.63, 3.8) is 0 Å². The summed E-state index contributed by atoms with van der Waals surface area (Å²) in [4.78, 5) is 4.12. The summed E-state index contributed by atoms with van der Waals surface area (Å²) in [7, 11) is 1.56. The molecule has 0 saturated heterocycles. The number of ether oxygens (including phenoxy) is 1. The lowest BCUT2D eigenvalue weighted by molar-refractivity contribution is 0.251. The van der Waals surface area contributed by atoms with Crippen molar-refractivity contribution in [2.75, 3.05) is 7.11 Å². The number of rotatable bonds is 6. The predicted octanol–water partition coefficient (Wildman–Crippen LogP) is 3.55. The number of aromatic nitrogens is 4. The minimum atomic E-state index is -2.63. The van der Waals surface area contributed by atoms with E-state index in [9.17, 15) is 8.78 Å². The first-order valence-electron chi connectivity index (χ1n) is 7.17. The van der Waals surface area contributed by atoms with Crippen molar-refractivity contribution in [2.45, 2.75) is 10.9 Å². The fraction of sp³-hybridized carbons (Fsp3) is 0.125. The summed E-state index contributed by atoms with van der Waals surface area (Å²) in [5.41, 5.74) is 1.26. The van der Waals surface area contributed by atoms with Crippen LogP contribution in [0.25, 0.3) is 11.4 Å². The molecule has 0 amide bonds. The first-order valence-corrected chi connectivity index (χ1v) is 8.05. The summed E-state index contributed by atoms with van der Waals surface area (Å²) >= 11 is 0.281. The van der Waals surface area contributed by atoms with Crippen LogP contribution in [0.1, 0.15) is 5.69 Å². The van der Waals surface area contributed by atoms with E-state index < -0.39 is 5.76 Å². The highest BCUT2D eigenvalue weighted by Gasteiger charge is 2.18. The fourth-order valence-corrected chi connectivity index (χ4v) is 2.49. The number of methoxy groups -OCH3 is 1. The van der Waals surface area contributed by atoms with Gasteiger partial charge in [0.2, 0.25) is 5.16 Å². The van der Waals surface area contributed by atoms with Gasteiger partial charge in [-0.1, -0.05) is 6.07 Å². The van der Waals surface area contributed by atoms with Gasteiger partial charge in [-0.2, -0.15) is 18.6 Å². The van der Waals surface area contributed by atoms with Gasteiger partial charge in [0.25, 0.3) is 5.76 Å². The quantitative estimate of drug-likeness (QED) is 0.496.